The summed E-state index contributed by atoms with van der Waals surface area (Å²) in [5.41, 5.74) is 5.76. The number of nitrogens with one attached hydrogen (secondary N) is 1. The standard InChI is InChI=1S/C24H33NS/c1-7-8-11-16-24(5,6)18-15-14-17(23(2,3)4)21-22(18)26-20-13-10-9-12-19(20)25-21/h9-10,12-15,25H,7-8,11,16H2,1-6H3. The van der Waals surface area contributed by atoms with Crippen LogP contribution in [0, 0.1) is 0 Å². The normalized spacial score (nSPS) is 13.8. The van der Waals surface area contributed by atoms with E-state index in [0.29, 0.717) is 0 Å². The summed E-state index contributed by atoms with van der Waals surface area (Å²) in [6, 6.07) is 13.4. The zero-order chi connectivity index (χ0) is 18.9. The molecule has 2 aromatic rings. The average Bonchev–Trinajstić information content (AvgIpc) is 2.58. The smallest absolute Gasteiger partial charge is 0.0567 e. The third-order valence-electron chi connectivity index (χ3n) is 5.46. The minimum atomic E-state index is 0.120. The lowest BCUT2D eigenvalue weighted by Gasteiger charge is -2.35. The highest BCUT2D eigenvalue weighted by Crippen LogP contribution is 2.52. The zero-order valence-corrected chi connectivity index (χ0v) is 18.0. The van der Waals surface area contributed by atoms with E-state index in [2.05, 4.69) is 83.3 Å². The molecule has 0 bridgehead atoms. The van der Waals surface area contributed by atoms with Crippen LogP contribution in [0.5, 0.6) is 0 Å². The van der Waals surface area contributed by atoms with Gasteiger partial charge in [-0.05, 0) is 40.5 Å². The summed E-state index contributed by atoms with van der Waals surface area (Å²) < 4.78 is 0. The monoisotopic (exact) mass is 367 g/mol. The molecule has 1 aliphatic rings. The minimum absolute atomic E-state index is 0.120. The van der Waals surface area contributed by atoms with Crippen molar-refractivity contribution in [1.29, 1.82) is 0 Å². The molecular weight excluding hydrogens is 334 g/mol. The second-order valence-electron chi connectivity index (χ2n) is 9.18. The number of fused-ring (bicyclic) bond motifs is 2. The van der Waals surface area contributed by atoms with Crippen LogP contribution in [0.4, 0.5) is 11.4 Å². The maximum absolute atomic E-state index is 3.77. The summed E-state index contributed by atoms with van der Waals surface area (Å²) in [4.78, 5) is 2.76. The predicted octanol–water partition coefficient (Wildman–Crippen LogP) is 8.05. The fourth-order valence-electron chi connectivity index (χ4n) is 3.83. The molecule has 0 aromatic heterocycles. The van der Waals surface area contributed by atoms with Crippen molar-refractivity contribution in [2.24, 2.45) is 0 Å². The van der Waals surface area contributed by atoms with Gasteiger partial charge in [0.05, 0.1) is 11.4 Å². The van der Waals surface area contributed by atoms with Gasteiger partial charge in [-0.2, -0.15) is 0 Å². The van der Waals surface area contributed by atoms with Gasteiger partial charge in [0, 0.05) is 9.79 Å². The predicted molar refractivity (Wildman–Crippen MR) is 116 cm³/mol. The highest BCUT2D eigenvalue weighted by atomic mass is 32.2. The third-order valence-corrected chi connectivity index (χ3v) is 6.66. The van der Waals surface area contributed by atoms with Gasteiger partial charge in [0.1, 0.15) is 0 Å². The summed E-state index contributed by atoms with van der Waals surface area (Å²) in [5.74, 6) is 0. The Balaban J connectivity index is 2.09. The van der Waals surface area contributed by atoms with Crippen molar-refractivity contribution in [3.05, 3.63) is 47.5 Å². The number of rotatable bonds is 5. The fraction of sp³-hybridized carbons (Fsp3) is 0.500. The summed E-state index contributed by atoms with van der Waals surface area (Å²) in [5, 5.41) is 3.77. The van der Waals surface area contributed by atoms with Crippen molar-refractivity contribution in [1.82, 2.24) is 0 Å². The Bertz CT molecular complexity index is 783. The first-order valence-electron chi connectivity index (χ1n) is 9.96. The molecule has 0 atom stereocenters. The Hall–Kier alpha value is -1.41. The van der Waals surface area contributed by atoms with Crippen molar-refractivity contribution < 1.29 is 0 Å². The number of benzene rings is 2. The molecule has 140 valence electrons. The summed E-state index contributed by atoms with van der Waals surface area (Å²) in [6.45, 7) is 14.0. The topological polar surface area (TPSA) is 12.0 Å². The van der Waals surface area contributed by atoms with Gasteiger partial charge in [-0.1, -0.05) is 96.8 Å². The van der Waals surface area contributed by atoms with E-state index in [9.17, 15) is 0 Å². The SMILES string of the molecule is CCCCCC(C)(C)c1ccc(C(C)(C)C)c2c1Sc1ccccc1N2. The van der Waals surface area contributed by atoms with Crippen LogP contribution in [0.15, 0.2) is 46.2 Å². The molecule has 0 unspecified atom stereocenters. The summed E-state index contributed by atoms with van der Waals surface area (Å²) >= 11 is 1.94. The van der Waals surface area contributed by atoms with E-state index < -0.39 is 0 Å². The molecular formula is C24H33NS. The third kappa shape index (κ3) is 3.81. The van der Waals surface area contributed by atoms with Crippen LogP contribution in [0.1, 0.15) is 78.4 Å². The van der Waals surface area contributed by atoms with Crippen LogP contribution < -0.4 is 5.32 Å². The highest BCUT2D eigenvalue weighted by Gasteiger charge is 2.31. The van der Waals surface area contributed by atoms with Crippen LogP contribution >= 0.6 is 11.8 Å². The molecule has 2 heteroatoms. The highest BCUT2D eigenvalue weighted by molar-refractivity contribution is 7.99. The van der Waals surface area contributed by atoms with Crippen molar-refractivity contribution in [2.75, 3.05) is 5.32 Å². The maximum atomic E-state index is 3.77. The van der Waals surface area contributed by atoms with Gasteiger partial charge in [-0.15, -0.1) is 0 Å². The van der Waals surface area contributed by atoms with E-state index in [4.69, 9.17) is 0 Å². The number of hydrogen-bond donors (Lipinski definition) is 1. The van der Waals surface area contributed by atoms with E-state index in [1.54, 1.807) is 0 Å². The van der Waals surface area contributed by atoms with Crippen molar-refractivity contribution in [2.45, 2.75) is 87.8 Å². The van der Waals surface area contributed by atoms with Crippen LogP contribution in [0.25, 0.3) is 0 Å². The lowest BCUT2D eigenvalue weighted by Crippen LogP contribution is -2.22. The van der Waals surface area contributed by atoms with Gasteiger partial charge in [0.15, 0.2) is 0 Å². The van der Waals surface area contributed by atoms with Gasteiger partial charge >= 0.3 is 0 Å². The van der Waals surface area contributed by atoms with Crippen molar-refractivity contribution in [3.8, 4) is 0 Å². The zero-order valence-electron chi connectivity index (χ0n) is 17.2. The Morgan fingerprint density at radius 3 is 2.27 bits per heavy atom. The summed E-state index contributed by atoms with van der Waals surface area (Å²) in [6.07, 6.45) is 5.14. The second-order valence-corrected chi connectivity index (χ2v) is 10.2. The van der Waals surface area contributed by atoms with E-state index in [1.807, 2.05) is 11.8 Å². The van der Waals surface area contributed by atoms with E-state index in [1.165, 1.54) is 58.0 Å². The van der Waals surface area contributed by atoms with Gasteiger partial charge in [-0.3, -0.25) is 0 Å². The van der Waals surface area contributed by atoms with Crippen LogP contribution in [0.2, 0.25) is 0 Å². The number of unbranched alkanes of at least 4 members (excludes halogenated alkanes) is 2. The van der Waals surface area contributed by atoms with Gasteiger partial charge in [0.25, 0.3) is 0 Å². The molecule has 0 spiro atoms. The van der Waals surface area contributed by atoms with E-state index in [0.717, 1.165) is 0 Å². The quantitative estimate of drug-likeness (QED) is 0.458. The number of hydrogen-bond acceptors (Lipinski definition) is 2. The molecule has 0 amide bonds. The van der Waals surface area contributed by atoms with Crippen molar-refractivity contribution in [3.63, 3.8) is 0 Å². The largest absolute Gasteiger partial charge is 0.353 e. The van der Waals surface area contributed by atoms with Gasteiger partial charge in [0.2, 0.25) is 0 Å². The number of anilines is 2. The Morgan fingerprint density at radius 1 is 0.885 bits per heavy atom. The first-order valence-corrected chi connectivity index (χ1v) is 10.8. The van der Waals surface area contributed by atoms with E-state index in [-0.39, 0.29) is 10.8 Å². The number of para-hydroxylation sites is 1. The lowest BCUT2D eigenvalue weighted by molar-refractivity contribution is 0.443. The molecule has 0 saturated heterocycles. The molecule has 26 heavy (non-hydrogen) atoms. The van der Waals surface area contributed by atoms with Crippen LogP contribution in [0.3, 0.4) is 0 Å². The molecule has 1 heterocycles. The fourth-order valence-corrected chi connectivity index (χ4v) is 5.14. The molecule has 0 radical (unpaired) electrons. The Labute approximate surface area is 164 Å². The van der Waals surface area contributed by atoms with Crippen LogP contribution in [-0.4, -0.2) is 0 Å². The molecule has 1 N–H and O–H groups in total. The molecule has 0 aliphatic carbocycles. The second kappa shape index (κ2) is 7.31. The molecule has 3 rings (SSSR count). The molecule has 2 aromatic carbocycles. The molecule has 0 saturated carbocycles. The minimum Gasteiger partial charge on any atom is -0.353 e. The first-order chi connectivity index (χ1) is 12.2. The Kier molecular flexibility index (Phi) is 5.44. The van der Waals surface area contributed by atoms with E-state index >= 15 is 0 Å². The van der Waals surface area contributed by atoms with Crippen molar-refractivity contribution >= 4 is 23.1 Å². The van der Waals surface area contributed by atoms with Crippen LogP contribution in [-0.2, 0) is 10.8 Å². The maximum Gasteiger partial charge on any atom is 0.0567 e. The molecule has 1 aliphatic heterocycles. The molecule has 0 fully saturated rings. The first kappa shape index (κ1) is 19.4. The lowest BCUT2D eigenvalue weighted by atomic mass is 9.77. The summed E-state index contributed by atoms with van der Waals surface area (Å²) in [7, 11) is 0. The average molecular weight is 368 g/mol. The van der Waals surface area contributed by atoms with Gasteiger partial charge < -0.3 is 5.32 Å². The Morgan fingerprint density at radius 2 is 1.58 bits per heavy atom. The molecule has 1 nitrogen and oxygen atoms in total. The van der Waals surface area contributed by atoms with Gasteiger partial charge in [-0.25, -0.2) is 0 Å².